The van der Waals surface area contributed by atoms with Crippen molar-refractivity contribution < 1.29 is 22.3 Å². The fourth-order valence-corrected chi connectivity index (χ4v) is 4.65. The van der Waals surface area contributed by atoms with Crippen LogP contribution < -0.4 is 4.72 Å². The molecular formula is C16H22FNO4S. The Balaban J connectivity index is 1.73. The van der Waals surface area contributed by atoms with Crippen molar-refractivity contribution >= 4 is 10.0 Å². The predicted molar refractivity (Wildman–Crippen MR) is 83.2 cm³/mol. The summed E-state index contributed by atoms with van der Waals surface area (Å²) >= 11 is 0. The highest BCUT2D eigenvalue weighted by Crippen LogP contribution is 2.34. The highest BCUT2D eigenvalue weighted by atomic mass is 32.2. The Morgan fingerprint density at radius 1 is 1.26 bits per heavy atom. The Hall–Kier alpha value is -1.02. The van der Waals surface area contributed by atoms with E-state index in [1.165, 1.54) is 18.2 Å². The van der Waals surface area contributed by atoms with Crippen LogP contribution in [0.25, 0.3) is 0 Å². The molecule has 128 valence electrons. The smallest absolute Gasteiger partial charge is 0.240 e. The number of ether oxygens (including phenoxy) is 2. The molecule has 1 atom stereocenters. The minimum atomic E-state index is -3.66. The summed E-state index contributed by atoms with van der Waals surface area (Å²) in [6, 6.07) is 3.68. The van der Waals surface area contributed by atoms with Crippen LogP contribution in [0.15, 0.2) is 23.1 Å². The maximum absolute atomic E-state index is 13.3. The summed E-state index contributed by atoms with van der Waals surface area (Å²) in [5.74, 6) is -0.406. The lowest BCUT2D eigenvalue weighted by Crippen LogP contribution is -2.50. The van der Waals surface area contributed by atoms with Gasteiger partial charge in [-0.2, -0.15) is 0 Å². The molecule has 0 bridgehead atoms. The van der Waals surface area contributed by atoms with E-state index in [-0.39, 0.29) is 16.5 Å². The van der Waals surface area contributed by atoms with Gasteiger partial charge in [-0.05, 0) is 56.4 Å². The SMILES string of the molecule is Cc1cc(S(=O)(=O)NC2CCOC3(CCOCC3)C2)ccc1F. The van der Waals surface area contributed by atoms with Gasteiger partial charge < -0.3 is 9.47 Å². The molecule has 2 aliphatic rings. The van der Waals surface area contributed by atoms with Gasteiger partial charge in [-0.15, -0.1) is 0 Å². The Bertz CT molecular complexity index is 665. The molecule has 23 heavy (non-hydrogen) atoms. The van der Waals surface area contributed by atoms with Crippen LogP contribution in [-0.2, 0) is 19.5 Å². The first-order valence-corrected chi connectivity index (χ1v) is 9.39. The van der Waals surface area contributed by atoms with Crippen LogP contribution in [0.4, 0.5) is 4.39 Å². The predicted octanol–water partition coefficient (Wildman–Crippen LogP) is 2.14. The average Bonchev–Trinajstić information content (AvgIpc) is 2.50. The average molecular weight is 343 g/mol. The van der Waals surface area contributed by atoms with E-state index in [9.17, 15) is 12.8 Å². The van der Waals surface area contributed by atoms with E-state index in [0.29, 0.717) is 38.2 Å². The minimum Gasteiger partial charge on any atom is -0.381 e. The van der Waals surface area contributed by atoms with E-state index in [0.717, 1.165) is 12.8 Å². The Kier molecular flexibility index (Phi) is 4.73. The quantitative estimate of drug-likeness (QED) is 0.913. The second-order valence-electron chi connectivity index (χ2n) is 6.37. The summed E-state index contributed by atoms with van der Waals surface area (Å²) < 4.78 is 52.5. The molecule has 0 radical (unpaired) electrons. The van der Waals surface area contributed by atoms with Gasteiger partial charge in [0.1, 0.15) is 5.82 Å². The summed E-state index contributed by atoms with van der Waals surface area (Å²) in [5, 5.41) is 0. The third kappa shape index (κ3) is 3.74. The van der Waals surface area contributed by atoms with Crippen molar-refractivity contribution in [1.29, 1.82) is 0 Å². The summed E-state index contributed by atoms with van der Waals surface area (Å²) in [7, 11) is -3.66. The largest absolute Gasteiger partial charge is 0.381 e. The molecule has 1 aromatic rings. The molecule has 2 heterocycles. The zero-order chi connectivity index (χ0) is 16.5. The number of hydrogen-bond acceptors (Lipinski definition) is 4. The first-order chi connectivity index (χ1) is 10.9. The van der Waals surface area contributed by atoms with Gasteiger partial charge in [0, 0.05) is 25.9 Å². The molecule has 1 aromatic carbocycles. The molecule has 2 aliphatic heterocycles. The van der Waals surface area contributed by atoms with Crippen LogP contribution in [0, 0.1) is 12.7 Å². The maximum Gasteiger partial charge on any atom is 0.240 e. The second kappa shape index (κ2) is 6.47. The van der Waals surface area contributed by atoms with E-state index in [1.807, 2.05) is 0 Å². The molecule has 1 unspecified atom stereocenters. The topological polar surface area (TPSA) is 64.6 Å². The van der Waals surface area contributed by atoms with E-state index in [2.05, 4.69) is 4.72 Å². The first kappa shape index (κ1) is 16.8. The molecule has 7 heteroatoms. The molecular weight excluding hydrogens is 321 g/mol. The van der Waals surface area contributed by atoms with Crippen molar-refractivity contribution in [2.75, 3.05) is 19.8 Å². The number of rotatable bonds is 3. The summed E-state index contributed by atoms with van der Waals surface area (Å²) in [6.07, 6.45) is 2.87. The van der Waals surface area contributed by atoms with Gasteiger partial charge >= 0.3 is 0 Å². The Morgan fingerprint density at radius 2 is 2.00 bits per heavy atom. The van der Waals surface area contributed by atoms with Crippen LogP contribution in [0.2, 0.25) is 0 Å². The summed E-state index contributed by atoms with van der Waals surface area (Å²) in [4.78, 5) is 0.101. The maximum atomic E-state index is 13.3. The Labute approximate surface area is 136 Å². The van der Waals surface area contributed by atoms with Crippen LogP contribution in [0.1, 0.15) is 31.2 Å². The molecule has 3 rings (SSSR count). The zero-order valence-electron chi connectivity index (χ0n) is 13.2. The number of halogens is 1. The van der Waals surface area contributed by atoms with Crippen molar-refractivity contribution in [2.24, 2.45) is 0 Å². The number of benzene rings is 1. The molecule has 0 saturated carbocycles. The fraction of sp³-hybridized carbons (Fsp3) is 0.625. The molecule has 2 saturated heterocycles. The number of sulfonamides is 1. The van der Waals surface area contributed by atoms with Gasteiger partial charge in [-0.3, -0.25) is 0 Å². The molecule has 1 spiro atoms. The molecule has 0 aliphatic carbocycles. The van der Waals surface area contributed by atoms with Crippen molar-refractivity contribution in [3.8, 4) is 0 Å². The first-order valence-electron chi connectivity index (χ1n) is 7.90. The molecule has 5 nitrogen and oxygen atoms in total. The lowest BCUT2D eigenvalue weighted by Gasteiger charge is -2.43. The van der Waals surface area contributed by atoms with Crippen LogP contribution in [0.5, 0.6) is 0 Å². The monoisotopic (exact) mass is 343 g/mol. The highest BCUT2D eigenvalue weighted by molar-refractivity contribution is 7.89. The van der Waals surface area contributed by atoms with Crippen LogP contribution >= 0.6 is 0 Å². The number of hydrogen-bond donors (Lipinski definition) is 1. The lowest BCUT2D eigenvalue weighted by molar-refractivity contribution is -0.138. The van der Waals surface area contributed by atoms with Crippen molar-refractivity contribution in [3.05, 3.63) is 29.6 Å². The van der Waals surface area contributed by atoms with Crippen molar-refractivity contribution in [1.82, 2.24) is 4.72 Å². The minimum absolute atomic E-state index is 0.101. The fourth-order valence-electron chi connectivity index (χ4n) is 3.29. The van der Waals surface area contributed by atoms with Crippen LogP contribution in [-0.4, -0.2) is 39.9 Å². The van der Waals surface area contributed by atoms with E-state index < -0.39 is 15.8 Å². The third-order valence-electron chi connectivity index (χ3n) is 4.66. The van der Waals surface area contributed by atoms with Crippen molar-refractivity contribution in [3.63, 3.8) is 0 Å². The van der Waals surface area contributed by atoms with Gasteiger partial charge in [-0.1, -0.05) is 0 Å². The standard InChI is InChI=1S/C16H22FNO4S/c1-12-10-14(2-3-15(12)17)23(19,20)18-13-4-7-22-16(11-13)5-8-21-9-6-16/h2-3,10,13,18H,4-9,11H2,1H3. The van der Waals surface area contributed by atoms with E-state index in [4.69, 9.17) is 9.47 Å². The van der Waals surface area contributed by atoms with Gasteiger partial charge in [0.2, 0.25) is 10.0 Å². The highest BCUT2D eigenvalue weighted by Gasteiger charge is 2.40. The van der Waals surface area contributed by atoms with E-state index in [1.54, 1.807) is 6.92 Å². The van der Waals surface area contributed by atoms with Crippen LogP contribution in [0.3, 0.4) is 0 Å². The van der Waals surface area contributed by atoms with Crippen molar-refractivity contribution in [2.45, 2.75) is 49.1 Å². The zero-order valence-corrected chi connectivity index (χ0v) is 14.0. The normalized spacial score (nSPS) is 24.7. The molecule has 0 aromatic heterocycles. The summed E-state index contributed by atoms with van der Waals surface area (Å²) in [5.41, 5.74) is 0.0447. The van der Waals surface area contributed by atoms with E-state index >= 15 is 0 Å². The van der Waals surface area contributed by atoms with Gasteiger partial charge in [-0.25, -0.2) is 17.5 Å². The molecule has 2 fully saturated rings. The Morgan fingerprint density at radius 3 is 2.70 bits per heavy atom. The summed E-state index contributed by atoms with van der Waals surface area (Å²) in [6.45, 7) is 3.39. The third-order valence-corrected chi connectivity index (χ3v) is 6.18. The number of aryl methyl sites for hydroxylation is 1. The van der Waals surface area contributed by atoms with Gasteiger partial charge in [0.05, 0.1) is 10.5 Å². The molecule has 0 amide bonds. The lowest BCUT2D eigenvalue weighted by atomic mass is 9.84. The van der Waals surface area contributed by atoms with Gasteiger partial charge in [0.25, 0.3) is 0 Å². The molecule has 1 N–H and O–H groups in total. The number of nitrogens with one attached hydrogen (secondary N) is 1. The second-order valence-corrected chi connectivity index (χ2v) is 8.08. The van der Waals surface area contributed by atoms with Gasteiger partial charge in [0.15, 0.2) is 0 Å².